The zero-order chi connectivity index (χ0) is 22.8. The van der Waals surface area contributed by atoms with E-state index in [4.69, 9.17) is 4.98 Å². The summed E-state index contributed by atoms with van der Waals surface area (Å²) >= 11 is 0. The van der Waals surface area contributed by atoms with Crippen molar-refractivity contribution in [3.63, 3.8) is 0 Å². The molecule has 174 valence electrons. The van der Waals surface area contributed by atoms with E-state index in [1.807, 2.05) is 40.1 Å². The summed E-state index contributed by atoms with van der Waals surface area (Å²) in [7, 11) is 0. The van der Waals surface area contributed by atoms with Crippen LogP contribution in [0.1, 0.15) is 66.6 Å². The van der Waals surface area contributed by atoms with Crippen molar-refractivity contribution in [2.24, 2.45) is 5.92 Å². The highest BCUT2D eigenvalue weighted by Gasteiger charge is 2.38. The molecule has 1 N–H and O–H groups in total. The van der Waals surface area contributed by atoms with Gasteiger partial charge in [-0.3, -0.25) is 19.5 Å². The van der Waals surface area contributed by atoms with Crippen LogP contribution in [0, 0.1) is 5.92 Å². The Labute approximate surface area is 195 Å². The van der Waals surface area contributed by atoms with E-state index in [-0.39, 0.29) is 11.8 Å². The van der Waals surface area contributed by atoms with Gasteiger partial charge in [0.15, 0.2) is 0 Å². The van der Waals surface area contributed by atoms with Crippen molar-refractivity contribution in [3.8, 4) is 0 Å². The number of piperidine rings is 1. The first-order valence-electron chi connectivity index (χ1n) is 12.4. The zero-order valence-corrected chi connectivity index (χ0v) is 19.2. The molecule has 2 aromatic rings. The number of carbonyl (C=O) groups excluding carboxylic acids is 1. The Hall–Kier alpha value is -2.73. The second-order valence-electron chi connectivity index (χ2n) is 9.78. The highest BCUT2D eigenvalue weighted by atomic mass is 16.4. The van der Waals surface area contributed by atoms with Gasteiger partial charge in [-0.25, -0.2) is 0 Å². The molecule has 0 unspecified atom stereocenters. The second kappa shape index (κ2) is 9.64. The fourth-order valence-electron chi connectivity index (χ4n) is 5.85. The summed E-state index contributed by atoms with van der Waals surface area (Å²) < 4.78 is 0. The van der Waals surface area contributed by atoms with E-state index in [9.17, 15) is 14.7 Å². The summed E-state index contributed by atoms with van der Waals surface area (Å²) in [5, 5.41) is 9.83. The van der Waals surface area contributed by atoms with Crippen LogP contribution in [0.4, 0.5) is 0 Å². The molecular weight excluding hydrogens is 414 g/mol. The lowest BCUT2D eigenvalue weighted by atomic mass is 9.90. The van der Waals surface area contributed by atoms with Crippen molar-refractivity contribution in [1.82, 2.24) is 14.8 Å². The second-order valence-corrected chi connectivity index (χ2v) is 9.78. The molecule has 0 radical (unpaired) electrons. The number of carbonyl (C=O) groups is 2. The van der Waals surface area contributed by atoms with Crippen molar-refractivity contribution >= 4 is 11.9 Å². The quantitative estimate of drug-likeness (QED) is 0.754. The van der Waals surface area contributed by atoms with Crippen molar-refractivity contribution < 1.29 is 14.7 Å². The van der Waals surface area contributed by atoms with Gasteiger partial charge in [-0.1, -0.05) is 36.4 Å². The van der Waals surface area contributed by atoms with E-state index >= 15 is 0 Å². The van der Waals surface area contributed by atoms with Crippen LogP contribution < -0.4 is 0 Å². The lowest BCUT2D eigenvalue weighted by Gasteiger charge is -2.34. The van der Waals surface area contributed by atoms with Gasteiger partial charge in [-0.05, 0) is 62.1 Å². The fourth-order valence-corrected chi connectivity index (χ4v) is 5.85. The number of likely N-dealkylation sites (tertiary alicyclic amines) is 2. The molecule has 1 amide bonds. The average molecular weight is 448 g/mol. The molecule has 3 heterocycles. The number of hydrogen-bond acceptors (Lipinski definition) is 4. The minimum Gasteiger partial charge on any atom is -0.480 e. The Morgan fingerprint density at radius 3 is 2.45 bits per heavy atom. The molecule has 3 aliphatic rings. The first-order chi connectivity index (χ1) is 16.1. The maximum atomic E-state index is 13.2. The van der Waals surface area contributed by atoms with E-state index in [2.05, 4.69) is 12.1 Å². The summed E-state index contributed by atoms with van der Waals surface area (Å²) in [6, 6.07) is 13.1. The molecule has 0 spiro atoms. The van der Waals surface area contributed by atoms with Crippen LogP contribution in [0.2, 0.25) is 0 Å². The maximum absolute atomic E-state index is 13.2. The summed E-state index contributed by atoms with van der Waals surface area (Å²) in [5.74, 6) is -0.357. The van der Waals surface area contributed by atoms with E-state index in [0.717, 1.165) is 50.8 Å². The summed E-state index contributed by atoms with van der Waals surface area (Å²) in [6.07, 6.45) is 7.39. The highest BCUT2D eigenvalue weighted by Crippen LogP contribution is 2.32. The normalized spacial score (nSPS) is 22.7. The van der Waals surface area contributed by atoms with Gasteiger partial charge < -0.3 is 10.0 Å². The molecule has 1 aromatic heterocycles. The summed E-state index contributed by atoms with van der Waals surface area (Å²) in [6.45, 7) is 2.67. The van der Waals surface area contributed by atoms with E-state index < -0.39 is 12.0 Å². The van der Waals surface area contributed by atoms with Crippen LogP contribution >= 0.6 is 0 Å². The molecule has 1 aromatic carbocycles. The van der Waals surface area contributed by atoms with Gasteiger partial charge >= 0.3 is 5.97 Å². The van der Waals surface area contributed by atoms with Crippen LogP contribution in [0.25, 0.3) is 0 Å². The third-order valence-corrected chi connectivity index (χ3v) is 7.71. The molecule has 1 aliphatic carbocycles. The maximum Gasteiger partial charge on any atom is 0.325 e. The number of carboxylic acids is 1. The number of fused-ring (bicyclic) bond motifs is 1. The predicted molar refractivity (Wildman–Crippen MR) is 126 cm³/mol. The number of aromatic nitrogens is 1. The largest absolute Gasteiger partial charge is 0.480 e. The molecule has 2 aliphatic heterocycles. The SMILES string of the molecule is O=C(O)[C@H](c1ccccc1)N1CC[C@@H](C(=O)N2CCC(c3ccc4c(n3)CCCC4)CC2)C1. The molecule has 5 rings (SSSR count). The van der Waals surface area contributed by atoms with Crippen molar-refractivity contribution in [2.45, 2.75) is 56.9 Å². The molecule has 6 heteroatoms. The van der Waals surface area contributed by atoms with Gasteiger partial charge in [0.2, 0.25) is 5.91 Å². The number of benzene rings is 1. The van der Waals surface area contributed by atoms with Gasteiger partial charge in [-0.15, -0.1) is 0 Å². The molecule has 33 heavy (non-hydrogen) atoms. The Kier molecular flexibility index (Phi) is 6.45. The van der Waals surface area contributed by atoms with Gasteiger partial charge in [0.1, 0.15) is 6.04 Å². The molecule has 0 saturated carbocycles. The molecule has 2 fully saturated rings. The van der Waals surface area contributed by atoms with Crippen LogP contribution in [0.15, 0.2) is 42.5 Å². The number of aliphatic carboxylic acids is 1. The third kappa shape index (κ3) is 4.67. The Morgan fingerprint density at radius 1 is 0.939 bits per heavy atom. The van der Waals surface area contributed by atoms with Crippen molar-refractivity contribution in [1.29, 1.82) is 0 Å². The molecule has 2 saturated heterocycles. The van der Waals surface area contributed by atoms with Gasteiger partial charge in [0.05, 0.1) is 5.92 Å². The minimum absolute atomic E-state index is 0.117. The molecule has 0 bridgehead atoms. The molecule has 2 atom stereocenters. The Morgan fingerprint density at radius 2 is 1.70 bits per heavy atom. The highest BCUT2D eigenvalue weighted by molar-refractivity contribution is 5.80. The van der Waals surface area contributed by atoms with Gasteiger partial charge in [-0.2, -0.15) is 0 Å². The monoisotopic (exact) mass is 447 g/mol. The standard InChI is InChI=1S/C27H33N3O3/c31-26(22-14-17-30(18-22)25(27(32)33)21-7-2-1-3-8-21)29-15-12-20(13-16-29)24-11-10-19-6-4-5-9-23(19)28-24/h1-3,7-8,10-11,20,22,25H,4-6,9,12-18H2,(H,32,33)/t22-,25+/m1/s1. The minimum atomic E-state index is -0.854. The van der Waals surface area contributed by atoms with E-state index in [1.165, 1.54) is 29.8 Å². The number of aryl methyl sites for hydroxylation is 2. The smallest absolute Gasteiger partial charge is 0.325 e. The topological polar surface area (TPSA) is 73.7 Å². The first kappa shape index (κ1) is 22.1. The third-order valence-electron chi connectivity index (χ3n) is 7.71. The van der Waals surface area contributed by atoms with Crippen LogP contribution in [-0.4, -0.2) is 57.9 Å². The fraction of sp³-hybridized carbons (Fsp3) is 0.519. The number of rotatable bonds is 5. The Bertz CT molecular complexity index is 1000. The number of amides is 1. The van der Waals surface area contributed by atoms with Crippen molar-refractivity contribution in [3.05, 3.63) is 65.0 Å². The molecular formula is C27H33N3O3. The zero-order valence-electron chi connectivity index (χ0n) is 19.2. The average Bonchev–Trinajstić information content (AvgIpc) is 3.33. The van der Waals surface area contributed by atoms with Crippen LogP contribution in [0.5, 0.6) is 0 Å². The van der Waals surface area contributed by atoms with Crippen LogP contribution in [0.3, 0.4) is 0 Å². The summed E-state index contributed by atoms with van der Waals surface area (Å²) in [4.78, 5) is 34.2. The van der Waals surface area contributed by atoms with Crippen molar-refractivity contribution in [2.75, 3.05) is 26.2 Å². The van der Waals surface area contributed by atoms with E-state index in [0.29, 0.717) is 19.0 Å². The Balaban J connectivity index is 1.18. The lowest BCUT2D eigenvalue weighted by molar-refractivity contribution is -0.144. The van der Waals surface area contributed by atoms with E-state index in [1.54, 1.807) is 0 Å². The number of hydrogen-bond donors (Lipinski definition) is 1. The number of nitrogens with zero attached hydrogens (tertiary/aromatic N) is 3. The number of carboxylic acid groups (broad SMARTS) is 1. The predicted octanol–water partition coefficient (Wildman–Crippen LogP) is 3.81. The number of pyridine rings is 1. The van der Waals surface area contributed by atoms with Crippen LogP contribution in [-0.2, 0) is 22.4 Å². The first-order valence-corrected chi connectivity index (χ1v) is 12.4. The lowest BCUT2D eigenvalue weighted by Crippen LogP contribution is -2.42. The van der Waals surface area contributed by atoms with Gasteiger partial charge in [0, 0.05) is 43.5 Å². The van der Waals surface area contributed by atoms with Gasteiger partial charge in [0.25, 0.3) is 0 Å². The summed E-state index contributed by atoms with van der Waals surface area (Å²) in [5.41, 5.74) is 4.67. The molecule has 6 nitrogen and oxygen atoms in total.